The average molecular weight is 296 g/mol. The Morgan fingerprint density at radius 2 is 2.00 bits per heavy atom. The minimum Gasteiger partial charge on any atom is -0.323 e. The highest BCUT2D eigenvalue weighted by Crippen LogP contribution is 2.15. The van der Waals surface area contributed by atoms with E-state index >= 15 is 0 Å². The van der Waals surface area contributed by atoms with Crippen LogP contribution in [0.15, 0.2) is 42.7 Å². The molecule has 1 aliphatic rings. The minimum absolute atomic E-state index is 0.0183. The van der Waals surface area contributed by atoms with E-state index in [1.165, 1.54) is 12.8 Å². The molecule has 1 aromatic heterocycles. The van der Waals surface area contributed by atoms with Crippen molar-refractivity contribution in [3.63, 3.8) is 0 Å². The Bertz CT molecular complexity index is 606. The van der Waals surface area contributed by atoms with Gasteiger partial charge in [0.1, 0.15) is 0 Å². The van der Waals surface area contributed by atoms with Crippen LogP contribution in [0.2, 0.25) is 0 Å². The first-order chi connectivity index (χ1) is 10.8. The molecule has 0 saturated carbocycles. The van der Waals surface area contributed by atoms with Gasteiger partial charge >= 0.3 is 0 Å². The van der Waals surface area contributed by atoms with E-state index in [1.807, 2.05) is 30.3 Å². The summed E-state index contributed by atoms with van der Waals surface area (Å²) >= 11 is 0. The second kappa shape index (κ2) is 7.13. The second-order valence-corrected chi connectivity index (χ2v) is 5.54. The molecule has 1 fully saturated rings. The Balaban J connectivity index is 1.53. The summed E-state index contributed by atoms with van der Waals surface area (Å²) in [5, 5.41) is 6.25. The summed E-state index contributed by atoms with van der Waals surface area (Å²) in [6.45, 7) is 1.07. The summed E-state index contributed by atoms with van der Waals surface area (Å²) in [4.78, 5) is 20.5. The molecule has 5 nitrogen and oxygen atoms in total. The Morgan fingerprint density at radius 3 is 2.68 bits per heavy atom. The molecule has 1 atom stereocenters. The summed E-state index contributed by atoms with van der Waals surface area (Å²) in [5.41, 5.74) is 1.61. The monoisotopic (exact) mass is 296 g/mol. The van der Waals surface area contributed by atoms with Crippen LogP contribution in [0.5, 0.6) is 0 Å². The number of benzene rings is 1. The van der Waals surface area contributed by atoms with Gasteiger partial charge in [0.25, 0.3) is 0 Å². The lowest BCUT2D eigenvalue weighted by atomic mass is 10.1. The number of carbonyl (C=O) groups is 1. The fourth-order valence-electron chi connectivity index (χ4n) is 2.66. The van der Waals surface area contributed by atoms with E-state index in [0.29, 0.717) is 24.0 Å². The van der Waals surface area contributed by atoms with E-state index < -0.39 is 0 Å². The second-order valence-electron chi connectivity index (χ2n) is 5.54. The Morgan fingerprint density at radius 1 is 1.23 bits per heavy atom. The standard InChI is InChI=1S/C17H20N4O/c22-16(9-8-14-7-4-10-18-14)21-15-11-19-17(20-12-15)13-5-2-1-3-6-13/h1-3,5-6,11-12,14,18H,4,7-10H2,(H,21,22). The van der Waals surface area contributed by atoms with Gasteiger partial charge in [0.2, 0.25) is 5.91 Å². The molecule has 0 spiro atoms. The molecule has 5 heteroatoms. The van der Waals surface area contributed by atoms with Crippen LogP contribution < -0.4 is 10.6 Å². The molecule has 1 amide bonds. The maximum Gasteiger partial charge on any atom is 0.224 e. The number of aromatic nitrogens is 2. The predicted molar refractivity (Wildman–Crippen MR) is 86.4 cm³/mol. The zero-order valence-electron chi connectivity index (χ0n) is 12.5. The van der Waals surface area contributed by atoms with E-state index in [4.69, 9.17) is 0 Å². The van der Waals surface area contributed by atoms with Crippen molar-refractivity contribution in [1.82, 2.24) is 15.3 Å². The minimum atomic E-state index is 0.0183. The smallest absolute Gasteiger partial charge is 0.224 e. The zero-order valence-corrected chi connectivity index (χ0v) is 12.5. The van der Waals surface area contributed by atoms with Crippen LogP contribution in [0.25, 0.3) is 11.4 Å². The molecule has 1 unspecified atom stereocenters. The van der Waals surface area contributed by atoms with E-state index in [0.717, 1.165) is 18.5 Å². The lowest BCUT2D eigenvalue weighted by molar-refractivity contribution is -0.116. The highest BCUT2D eigenvalue weighted by molar-refractivity contribution is 5.90. The van der Waals surface area contributed by atoms with E-state index in [2.05, 4.69) is 20.6 Å². The third-order valence-electron chi connectivity index (χ3n) is 3.85. The largest absolute Gasteiger partial charge is 0.323 e. The highest BCUT2D eigenvalue weighted by Gasteiger charge is 2.15. The first-order valence-electron chi connectivity index (χ1n) is 7.72. The summed E-state index contributed by atoms with van der Waals surface area (Å²) in [7, 11) is 0. The van der Waals surface area contributed by atoms with Crippen LogP contribution in [0.3, 0.4) is 0 Å². The van der Waals surface area contributed by atoms with Gasteiger partial charge < -0.3 is 10.6 Å². The molecule has 1 aliphatic heterocycles. The first kappa shape index (κ1) is 14.7. The third kappa shape index (κ3) is 3.89. The molecule has 0 radical (unpaired) electrons. The van der Waals surface area contributed by atoms with Crippen molar-refractivity contribution in [3.8, 4) is 11.4 Å². The maximum atomic E-state index is 11.9. The quantitative estimate of drug-likeness (QED) is 0.890. The van der Waals surface area contributed by atoms with Crippen molar-refractivity contribution >= 4 is 11.6 Å². The van der Waals surface area contributed by atoms with Crippen LogP contribution in [-0.4, -0.2) is 28.5 Å². The van der Waals surface area contributed by atoms with Crippen LogP contribution >= 0.6 is 0 Å². The number of nitrogens with zero attached hydrogens (tertiary/aromatic N) is 2. The van der Waals surface area contributed by atoms with E-state index in [9.17, 15) is 4.79 Å². The summed E-state index contributed by atoms with van der Waals surface area (Å²) < 4.78 is 0. The number of hydrogen-bond acceptors (Lipinski definition) is 4. The molecular weight excluding hydrogens is 276 g/mol. The molecule has 2 aromatic rings. The molecule has 2 N–H and O–H groups in total. The van der Waals surface area contributed by atoms with Crippen LogP contribution in [0, 0.1) is 0 Å². The van der Waals surface area contributed by atoms with Crippen molar-refractivity contribution < 1.29 is 4.79 Å². The molecule has 114 valence electrons. The van der Waals surface area contributed by atoms with Gasteiger partial charge in [0.15, 0.2) is 5.82 Å². The van der Waals surface area contributed by atoms with Gasteiger partial charge in [-0.25, -0.2) is 9.97 Å². The molecular formula is C17H20N4O. The highest BCUT2D eigenvalue weighted by atomic mass is 16.1. The number of rotatable bonds is 5. The van der Waals surface area contributed by atoms with Gasteiger partial charge in [-0.15, -0.1) is 0 Å². The van der Waals surface area contributed by atoms with Crippen LogP contribution in [0.4, 0.5) is 5.69 Å². The summed E-state index contributed by atoms with van der Waals surface area (Å²) in [6.07, 6.45) is 7.10. The number of nitrogens with one attached hydrogen (secondary N) is 2. The van der Waals surface area contributed by atoms with E-state index in [1.54, 1.807) is 12.4 Å². The molecule has 2 heterocycles. The number of hydrogen-bond donors (Lipinski definition) is 2. The van der Waals surface area contributed by atoms with Crippen molar-refractivity contribution in [2.45, 2.75) is 31.7 Å². The zero-order chi connectivity index (χ0) is 15.2. The summed E-state index contributed by atoms with van der Waals surface area (Å²) in [6, 6.07) is 10.3. The lowest BCUT2D eigenvalue weighted by Gasteiger charge is -2.10. The van der Waals surface area contributed by atoms with E-state index in [-0.39, 0.29) is 5.91 Å². The fourth-order valence-corrected chi connectivity index (χ4v) is 2.66. The van der Waals surface area contributed by atoms with Crippen LogP contribution in [0.1, 0.15) is 25.7 Å². The van der Waals surface area contributed by atoms with Gasteiger partial charge in [-0.3, -0.25) is 4.79 Å². The first-order valence-corrected chi connectivity index (χ1v) is 7.72. The lowest BCUT2D eigenvalue weighted by Crippen LogP contribution is -2.23. The van der Waals surface area contributed by atoms with Crippen molar-refractivity contribution in [2.24, 2.45) is 0 Å². The Kier molecular flexibility index (Phi) is 4.75. The fraction of sp³-hybridized carbons (Fsp3) is 0.353. The molecule has 0 aliphatic carbocycles. The molecule has 0 bridgehead atoms. The number of carbonyl (C=O) groups excluding carboxylic acids is 1. The van der Waals surface area contributed by atoms with Gasteiger partial charge in [-0.2, -0.15) is 0 Å². The number of anilines is 1. The van der Waals surface area contributed by atoms with Crippen molar-refractivity contribution in [3.05, 3.63) is 42.7 Å². The Hall–Kier alpha value is -2.27. The SMILES string of the molecule is O=C(CCC1CCCN1)Nc1cnc(-c2ccccc2)nc1. The predicted octanol–water partition coefficient (Wildman–Crippen LogP) is 2.61. The number of amides is 1. The van der Waals surface area contributed by atoms with Gasteiger partial charge in [0.05, 0.1) is 18.1 Å². The summed E-state index contributed by atoms with van der Waals surface area (Å²) in [5.74, 6) is 0.679. The molecule has 3 rings (SSSR count). The molecule has 1 saturated heterocycles. The molecule has 1 aromatic carbocycles. The Labute approximate surface area is 130 Å². The van der Waals surface area contributed by atoms with Gasteiger partial charge in [-0.05, 0) is 25.8 Å². The van der Waals surface area contributed by atoms with Gasteiger partial charge in [-0.1, -0.05) is 30.3 Å². The average Bonchev–Trinajstić information content (AvgIpc) is 3.08. The third-order valence-corrected chi connectivity index (χ3v) is 3.85. The van der Waals surface area contributed by atoms with Gasteiger partial charge in [0, 0.05) is 18.0 Å². The maximum absolute atomic E-state index is 11.9. The molecule has 22 heavy (non-hydrogen) atoms. The van der Waals surface area contributed by atoms with Crippen molar-refractivity contribution in [1.29, 1.82) is 0 Å². The normalized spacial score (nSPS) is 17.4. The topological polar surface area (TPSA) is 66.9 Å². The van der Waals surface area contributed by atoms with Crippen LogP contribution in [-0.2, 0) is 4.79 Å². The van der Waals surface area contributed by atoms with Crippen molar-refractivity contribution in [2.75, 3.05) is 11.9 Å².